The Morgan fingerprint density at radius 1 is 1.39 bits per heavy atom. The fraction of sp³-hybridized carbons (Fsp3) is 0.812. The van der Waals surface area contributed by atoms with Gasteiger partial charge in [-0.2, -0.15) is 0 Å². The van der Waals surface area contributed by atoms with E-state index in [2.05, 4.69) is 45.2 Å². The molecule has 102 valence electrons. The Morgan fingerprint density at radius 2 is 2.11 bits per heavy atom. The van der Waals surface area contributed by atoms with Gasteiger partial charge in [0.15, 0.2) is 0 Å². The van der Waals surface area contributed by atoms with E-state index in [0.29, 0.717) is 5.92 Å². The van der Waals surface area contributed by atoms with Crippen LogP contribution in [0, 0.1) is 22.7 Å². The SMILES string of the molecule is CCCNC(=O)C1CC2(C)C=CC1(C(C)C)CC2. The van der Waals surface area contributed by atoms with E-state index in [1.807, 2.05) is 0 Å². The highest BCUT2D eigenvalue weighted by Gasteiger charge is 2.53. The molecule has 0 aromatic carbocycles. The largest absolute Gasteiger partial charge is 0.356 e. The fourth-order valence-corrected chi connectivity index (χ4v) is 3.73. The maximum atomic E-state index is 12.5. The van der Waals surface area contributed by atoms with Crippen molar-refractivity contribution in [2.24, 2.45) is 22.7 Å². The van der Waals surface area contributed by atoms with Gasteiger partial charge in [0.2, 0.25) is 5.91 Å². The number of carbonyl (C=O) groups is 1. The molecule has 0 aromatic rings. The van der Waals surface area contributed by atoms with E-state index in [9.17, 15) is 4.79 Å². The summed E-state index contributed by atoms with van der Waals surface area (Å²) in [5.74, 6) is 0.990. The third-order valence-electron chi connectivity index (χ3n) is 5.18. The van der Waals surface area contributed by atoms with Crippen molar-refractivity contribution >= 4 is 5.91 Å². The van der Waals surface area contributed by atoms with Gasteiger partial charge < -0.3 is 5.32 Å². The molecule has 3 atom stereocenters. The second-order valence-corrected chi connectivity index (χ2v) is 6.80. The molecular weight excluding hydrogens is 222 g/mol. The van der Waals surface area contributed by atoms with Crippen LogP contribution in [-0.4, -0.2) is 12.5 Å². The van der Waals surface area contributed by atoms with Gasteiger partial charge >= 0.3 is 0 Å². The van der Waals surface area contributed by atoms with Gasteiger partial charge in [-0.05, 0) is 37.0 Å². The van der Waals surface area contributed by atoms with Crippen molar-refractivity contribution in [1.29, 1.82) is 0 Å². The first-order chi connectivity index (χ1) is 8.43. The first kappa shape index (κ1) is 13.6. The van der Waals surface area contributed by atoms with Gasteiger partial charge in [-0.1, -0.05) is 39.8 Å². The van der Waals surface area contributed by atoms with Crippen molar-refractivity contribution < 1.29 is 4.79 Å². The molecule has 0 saturated heterocycles. The average Bonchev–Trinajstić information content (AvgIpc) is 2.36. The third kappa shape index (κ3) is 2.10. The van der Waals surface area contributed by atoms with Crippen LogP contribution in [0.3, 0.4) is 0 Å². The molecule has 3 aliphatic rings. The fourth-order valence-electron chi connectivity index (χ4n) is 3.73. The van der Waals surface area contributed by atoms with E-state index in [1.54, 1.807) is 0 Å². The van der Waals surface area contributed by atoms with Crippen LogP contribution in [0.2, 0.25) is 0 Å². The minimum Gasteiger partial charge on any atom is -0.356 e. The molecule has 2 bridgehead atoms. The summed E-state index contributed by atoms with van der Waals surface area (Å²) in [4.78, 5) is 12.5. The number of fused-ring (bicyclic) bond motifs is 2. The number of hydrogen-bond donors (Lipinski definition) is 1. The number of rotatable bonds is 4. The lowest BCUT2D eigenvalue weighted by Crippen LogP contribution is -2.52. The maximum absolute atomic E-state index is 12.5. The summed E-state index contributed by atoms with van der Waals surface area (Å²) in [5, 5.41) is 3.11. The summed E-state index contributed by atoms with van der Waals surface area (Å²) in [6.45, 7) is 9.74. The van der Waals surface area contributed by atoms with Gasteiger partial charge in [0.25, 0.3) is 0 Å². The zero-order valence-electron chi connectivity index (χ0n) is 12.3. The predicted molar refractivity (Wildman–Crippen MR) is 75.2 cm³/mol. The number of hydrogen-bond acceptors (Lipinski definition) is 1. The molecule has 0 aliphatic heterocycles. The molecule has 1 amide bonds. The van der Waals surface area contributed by atoms with Crippen LogP contribution in [0.1, 0.15) is 53.4 Å². The molecule has 3 unspecified atom stereocenters. The number of allylic oxidation sites excluding steroid dienone is 2. The van der Waals surface area contributed by atoms with Crippen LogP contribution in [0.5, 0.6) is 0 Å². The average molecular weight is 249 g/mol. The standard InChI is InChI=1S/C16H27NO/c1-5-10-17-14(18)13-11-15(4)6-8-16(13,9-7-15)12(2)3/h6,8,12-13H,5,7,9-11H2,1-4H3,(H,17,18). The van der Waals surface area contributed by atoms with Gasteiger partial charge in [0.1, 0.15) is 0 Å². The quantitative estimate of drug-likeness (QED) is 0.759. The van der Waals surface area contributed by atoms with E-state index in [4.69, 9.17) is 0 Å². The normalized spacial score (nSPS) is 38.2. The van der Waals surface area contributed by atoms with Crippen molar-refractivity contribution in [3.8, 4) is 0 Å². The van der Waals surface area contributed by atoms with Crippen molar-refractivity contribution in [3.63, 3.8) is 0 Å². The minimum atomic E-state index is 0.107. The smallest absolute Gasteiger partial charge is 0.224 e. The van der Waals surface area contributed by atoms with Gasteiger partial charge in [-0.25, -0.2) is 0 Å². The Morgan fingerprint density at radius 3 is 2.61 bits per heavy atom. The Kier molecular flexibility index (Phi) is 3.57. The molecule has 18 heavy (non-hydrogen) atoms. The van der Waals surface area contributed by atoms with E-state index in [-0.39, 0.29) is 22.7 Å². The molecule has 3 aliphatic carbocycles. The molecule has 0 radical (unpaired) electrons. The van der Waals surface area contributed by atoms with E-state index >= 15 is 0 Å². The zero-order chi connectivity index (χ0) is 13.4. The first-order valence-corrected chi connectivity index (χ1v) is 7.42. The van der Waals surface area contributed by atoms with Crippen LogP contribution in [0.4, 0.5) is 0 Å². The molecule has 2 heteroatoms. The summed E-state index contributed by atoms with van der Waals surface area (Å²) in [6, 6.07) is 0. The van der Waals surface area contributed by atoms with Crippen LogP contribution >= 0.6 is 0 Å². The third-order valence-corrected chi connectivity index (χ3v) is 5.18. The van der Waals surface area contributed by atoms with Gasteiger partial charge in [0.05, 0.1) is 0 Å². The lowest BCUT2D eigenvalue weighted by atomic mass is 9.50. The summed E-state index contributed by atoms with van der Waals surface area (Å²) in [6.07, 6.45) is 9.18. The Bertz CT molecular complexity index is 360. The molecule has 3 rings (SSSR count). The second kappa shape index (κ2) is 4.71. The first-order valence-electron chi connectivity index (χ1n) is 7.42. The highest BCUT2D eigenvalue weighted by atomic mass is 16.1. The topological polar surface area (TPSA) is 29.1 Å². The summed E-state index contributed by atoms with van der Waals surface area (Å²) >= 11 is 0. The molecule has 0 heterocycles. The lowest BCUT2D eigenvalue weighted by Gasteiger charge is -2.54. The van der Waals surface area contributed by atoms with Crippen molar-refractivity contribution in [1.82, 2.24) is 5.32 Å². The Balaban J connectivity index is 2.24. The van der Waals surface area contributed by atoms with E-state index in [0.717, 1.165) is 19.4 Å². The summed E-state index contributed by atoms with van der Waals surface area (Å²) in [7, 11) is 0. The van der Waals surface area contributed by atoms with Crippen molar-refractivity contribution in [2.75, 3.05) is 6.54 Å². The van der Waals surface area contributed by atoms with Crippen molar-refractivity contribution in [3.05, 3.63) is 12.2 Å². The van der Waals surface area contributed by atoms with E-state index < -0.39 is 0 Å². The maximum Gasteiger partial charge on any atom is 0.224 e. The molecule has 1 fully saturated rings. The van der Waals surface area contributed by atoms with Crippen LogP contribution in [0.15, 0.2) is 12.2 Å². The van der Waals surface area contributed by atoms with Crippen LogP contribution < -0.4 is 5.32 Å². The number of nitrogens with one attached hydrogen (secondary N) is 1. The molecule has 0 aromatic heterocycles. The second-order valence-electron chi connectivity index (χ2n) is 6.80. The highest BCUT2D eigenvalue weighted by Crippen LogP contribution is 2.58. The monoisotopic (exact) mass is 249 g/mol. The Hall–Kier alpha value is -0.790. The van der Waals surface area contributed by atoms with Gasteiger partial charge in [0, 0.05) is 17.9 Å². The molecule has 0 spiro atoms. The number of amides is 1. The molecule has 2 nitrogen and oxygen atoms in total. The van der Waals surface area contributed by atoms with Gasteiger partial charge in [-0.3, -0.25) is 4.79 Å². The molecular formula is C16H27NO. The molecule has 1 saturated carbocycles. The predicted octanol–water partition coefficient (Wildman–Crippen LogP) is 3.53. The van der Waals surface area contributed by atoms with Crippen LogP contribution in [-0.2, 0) is 4.79 Å². The summed E-state index contributed by atoms with van der Waals surface area (Å²) in [5.41, 5.74) is 0.362. The van der Waals surface area contributed by atoms with Gasteiger partial charge in [-0.15, -0.1) is 0 Å². The Labute approximate surface area is 111 Å². The number of carbonyl (C=O) groups excluding carboxylic acids is 1. The van der Waals surface area contributed by atoms with E-state index in [1.165, 1.54) is 12.8 Å². The van der Waals surface area contributed by atoms with Crippen molar-refractivity contribution in [2.45, 2.75) is 53.4 Å². The summed E-state index contributed by atoms with van der Waals surface area (Å²) < 4.78 is 0. The van der Waals surface area contributed by atoms with Crippen LogP contribution in [0.25, 0.3) is 0 Å². The zero-order valence-corrected chi connectivity index (χ0v) is 12.3. The highest BCUT2D eigenvalue weighted by molar-refractivity contribution is 5.80. The lowest BCUT2D eigenvalue weighted by molar-refractivity contribution is -0.134. The molecule has 1 N–H and O–H groups in total. The minimum absolute atomic E-state index is 0.107.